The zero-order valence-electron chi connectivity index (χ0n) is 12.5. The van der Waals surface area contributed by atoms with Gasteiger partial charge in [-0.2, -0.15) is 0 Å². The third-order valence-electron chi connectivity index (χ3n) is 2.80. The molecule has 0 aromatic rings. The summed E-state index contributed by atoms with van der Waals surface area (Å²) in [5.41, 5.74) is 0. The standard InChI is InChI=1S/C14H24NO5/c1-5-12(16)14(18)20-10-7-8-15(3,4)9-11-19-13(17)6-2/h6H,2,5,7-11H2,1,3-4H3/q+1. The smallest absolute Gasteiger partial charge is 0.374 e. The number of hydrogen-bond acceptors (Lipinski definition) is 5. The van der Waals surface area contributed by atoms with Crippen LogP contribution in [-0.2, 0) is 23.9 Å². The fraction of sp³-hybridized carbons (Fsp3) is 0.643. The molecule has 0 amide bonds. The molecular formula is C14H24NO5+. The molecule has 0 aromatic carbocycles. The third-order valence-corrected chi connectivity index (χ3v) is 2.80. The monoisotopic (exact) mass is 286 g/mol. The van der Waals surface area contributed by atoms with Gasteiger partial charge in [-0.3, -0.25) is 4.79 Å². The van der Waals surface area contributed by atoms with Gasteiger partial charge < -0.3 is 14.0 Å². The summed E-state index contributed by atoms with van der Waals surface area (Å²) in [7, 11) is 3.97. The van der Waals surface area contributed by atoms with Crippen molar-refractivity contribution in [2.45, 2.75) is 19.8 Å². The number of rotatable bonds is 10. The van der Waals surface area contributed by atoms with E-state index in [-0.39, 0.29) is 13.0 Å². The number of carbonyl (C=O) groups excluding carboxylic acids is 3. The molecule has 0 N–H and O–H groups in total. The Morgan fingerprint density at radius 2 is 1.75 bits per heavy atom. The first-order valence-corrected chi connectivity index (χ1v) is 6.63. The number of esters is 2. The summed E-state index contributed by atoms with van der Waals surface area (Å²) in [5.74, 6) is -1.70. The van der Waals surface area contributed by atoms with Gasteiger partial charge in [0.2, 0.25) is 5.78 Å². The average Bonchev–Trinajstić information content (AvgIpc) is 2.41. The number of hydrogen-bond donors (Lipinski definition) is 0. The maximum Gasteiger partial charge on any atom is 0.374 e. The van der Waals surface area contributed by atoms with Gasteiger partial charge in [0.15, 0.2) is 0 Å². The van der Waals surface area contributed by atoms with Crippen LogP contribution in [0.1, 0.15) is 19.8 Å². The van der Waals surface area contributed by atoms with Crippen LogP contribution in [0, 0.1) is 0 Å². The summed E-state index contributed by atoms with van der Waals surface area (Å²) >= 11 is 0. The van der Waals surface area contributed by atoms with E-state index in [1.165, 1.54) is 0 Å². The van der Waals surface area contributed by atoms with Gasteiger partial charge in [0.25, 0.3) is 0 Å². The van der Waals surface area contributed by atoms with E-state index in [2.05, 4.69) is 6.58 Å². The average molecular weight is 286 g/mol. The lowest BCUT2D eigenvalue weighted by atomic mass is 10.3. The molecule has 0 radical (unpaired) electrons. The summed E-state index contributed by atoms with van der Waals surface area (Å²) < 4.78 is 10.4. The highest BCUT2D eigenvalue weighted by molar-refractivity contribution is 6.33. The second-order valence-electron chi connectivity index (χ2n) is 5.02. The second-order valence-corrected chi connectivity index (χ2v) is 5.02. The van der Waals surface area contributed by atoms with Crippen molar-refractivity contribution >= 4 is 17.7 Å². The molecule has 114 valence electrons. The summed E-state index contributed by atoms with van der Waals surface area (Å²) in [5, 5.41) is 0. The predicted octanol–water partition coefficient (Wildman–Crippen LogP) is 0.704. The lowest BCUT2D eigenvalue weighted by Gasteiger charge is -2.29. The molecular weight excluding hydrogens is 262 g/mol. The Labute approximate surface area is 119 Å². The summed E-state index contributed by atoms with van der Waals surface area (Å²) in [6.07, 6.45) is 1.93. The number of ketones is 1. The van der Waals surface area contributed by atoms with Gasteiger partial charge in [0, 0.05) is 18.9 Å². The zero-order valence-corrected chi connectivity index (χ0v) is 12.5. The van der Waals surface area contributed by atoms with Crippen LogP contribution in [0.3, 0.4) is 0 Å². The second kappa shape index (κ2) is 9.25. The quantitative estimate of drug-likeness (QED) is 0.194. The normalized spacial score (nSPS) is 10.8. The van der Waals surface area contributed by atoms with Gasteiger partial charge >= 0.3 is 11.9 Å². The molecule has 6 nitrogen and oxygen atoms in total. The van der Waals surface area contributed by atoms with E-state index in [9.17, 15) is 14.4 Å². The predicted molar refractivity (Wildman–Crippen MR) is 73.9 cm³/mol. The first-order valence-electron chi connectivity index (χ1n) is 6.63. The van der Waals surface area contributed by atoms with E-state index < -0.39 is 17.7 Å². The van der Waals surface area contributed by atoms with Crippen molar-refractivity contribution in [3.8, 4) is 0 Å². The van der Waals surface area contributed by atoms with Gasteiger partial charge in [0.1, 0.15) is 13.2 Å². The lowest BCUT2D eigenvalue weighted by Crippen LogP contribution is -2.43. The van der Waals surface area contributed by atoms with Gasteiger partial charge in [-0.25, -0.2) is 9.59 Å². The van der Waals surface area contributed by atoms with E-state index in [0.717, 1.165) is 12.6 Å². The molecule has 0 atom stereocenters. The van der Waals surface area contributed by atoms with Crippen LogP contribution in [0.15, 0.2) is 12.7 Å². The van der Waals surface area contributed by atoms with Crippen LogP contribution in [-0.4, -0.2) is 62.6 Å². The lowest BCUT2D eigenvalue weighted by molar-refractivity contribution is -0.890. The molecule has 0 aromatic heterocycles. The van der Waals surface area contributed by atoms with Crippen LogP contribution in [0.4, 0.5) is 0 Å². The number of ether oxygens (including phenoxy) is 2. The van der Waals surface area contributed by atoms with E-state index in [1.54, 1.807) is 6.92 Å². The zero-order chi connectivity index (χ0) is 15.6. The van der Waals surface area contributed by atoms with Crippen molar-refractivity contribution in [1.82, 2.24) is 0 Å². The highest BCUT2D eigenvalue weighted by atomic mass is 16.5. The molecule has 0 heterocycles. The minimum absolute atomic E-state index is 0.162. The summed E-state index contributed by atoms with van der Waals surface area (Å²) in [4.78, 5) is 33.0. The maximum absolute atomic E-state index is 11.1. The molecule has 0 saturated heterocycles. The molecule has 0 aliphatic heterocycles. The molecule has 0 fully saturated rings. The number of likely N-dealkylation sites (N-methyl/N-ethyl adjacent to an activating group) is 1. The Morgan fingerprint density at radius 3 is 2.30 bits per heavy atom. The topological polar surface area (TPSA) is 69.7 Å². The van der Waals surface area contributed by atoms with Crippen molar-refractivity contribution in [3.05, 3.63) is 12.7 Å². The molecule has 6 heteroatoms. The number of carbonyl (C=O) groups is 3. The molecule has 0 aliphatic rings. The Kier molecular flexibility index (Phi) is 8.47. The maximum atomic E-state index is 11.1. The van der Waals surface area contributed by atoms with E-state index in [4.69, 9.17) is 9.47 Å². The summed E-state index contributed by atoms with van der Waals surface area (Å²) in [6.45, 7) is 6.87. The molecule has 0 unspecified atom stereocenters. The third kappa shape index (κ3) is 8.42. The van der Waals surface area contributed by atoms with Crippen LogP contribution < -0.4 is 0 Å². The minimum Gasteiger partial charge on any atom is -0.460 e. The van der Waals surface area contributed by atoms with E-state index in [0.29, 0.717) is 24.1 Å². The number of nitrogens with zero attached hydrogens (tertiary/aromatic N) is 1. The van der Waals surface area contributed by atoms with Crippen molar-refractivity contribution in [2.75, 3.05) is 40.4 Å². The number of Topliss-reactive ketones (excluding diaryl/α,β-unsaturated/α-hetero) is 1. The van der Waals surface area contributed by atoms with Crippen LogP contribution in [0.25, 0.3) is 0 Å². The number of quaternary nitrogens is 1. The molecule has 20 heavy (non-hydrogen) atoms. The SMILES string of the molecule is C=CC(=O)OCC[N+](C)(C)CCCOC(=O)C(=O)CC. The van der Waals surface area contributed by atoms with Crippen LogP contribution >= 0.6 is 0 Å². The van der Waals surface area contributed by atoms with Crippen molar-refractivity contribution in [2.24, 2.45) is 0 Å². The summed E-state index contributed by atoms with van der Waals surface area (Å²) in [6, 6.07) is 0. The Balaban J connectivity index is 3.81. The largest absolute Gasteiger partial charge is 0.460 e. The van der Waals surface area contributed by atoms with Gasteiger partial charge in [-0.05, 0) is 0 Å². The Morgan fingerprint density at radius 1 is 1.10 bits per heavy atom. The first kappa shape index (κ1) is 18.3. The molecule has 0 saturated carbocycles. The minimum atomic E-state index is -0.766. The van der Waals surface area contributed by atoms with Crippen LogP contribution in [0.2, 0.25) is 0 Å². The van der Waals surface area contributed by atoms with Crippen molar-refractivity contribution < 1.29 is 28.3 Å². The molecule has 0 aliphatic carbocycles. The fourth-order valence-electron chi connectivity index (χ4n) is 1.45. The Hall–Kier alpha value is -1.69. The Bertz CT molecular complexity index is 363. The molecule has 0 bridgehead atoms. The van der Waals surface area contributed by atoms with Gasteiger partial charge in [-0.1, -0.05) is 13.5 Å². The van der Waals surface area contributed by atoms with Crippen LogP contribution in [0.5, 0.6) is 0 Å². The highest BCUT2D eigenvalue weighted by Crippen LogP contribution is 2.00. The van der Waals surface area contributed by atoms with E-state index >= 15 is 0 Å². The molecule has 0 rings (SSSR count). The van der Waals surface area contributed by atoms with Gasteiger partial charge in [-0.15, -0.1) is 0 Å². The fourth-order valence-corrected chi connectivity index (χ4v) is 1.45. The van der Waals surface area contributed by atoms with Crippen molar-refractivity contribution in [3.63, 3.8) is 0 Å². The highest BCUT2D eigenvalue weighted by Gasteiger charge is 2.17. The van der Waals surface area contributed by atoms with Gasteiger partial charge in [0.05, 0.1) is 27.2 Å². The van der Waals surface area contributed by atoms with Crippen molar-refractivity contribution in [1.29, 1.82) is 0 Å². The van der Waals surface area contributed by atoms with E-state index in [1.807, 2.05) is 14.1 Å². The first-order chi connectivity index (χ1) is 9.32. The molecule has 0 spiro atoms.